The summed E-state index contributed by atoms with van der Waals surface area (Å²) >= 11 is 1.56. The standard InChI is InChI=1S/C15H25N3O2S.HI/c1-14(6-7-20-11-14)9-17-13(16-3)18-10-15(2,19)12-5-4-8-21-12;/h4-5,8,19H,6-7,9-11H2,1-3H3,(H2,16,17,18);1H. The Morgan fingerprint density at radius 1 is 1.55 bits per heavy atom. The molecule has 7 heteroatoms. The maximum Gasteiger partial charge on any atom is 0.191 e. The normalized spacial score (nSPS) is 24.5. The SMILES string of the molecule is CN=C(NCC1(C)CCOC1)NCC(C)(O)c1cccs1.I. The topological polar surface area (TPSA) is 65.9 Å². The Kier molecular flexibility index (Phi) is 7.57. The minimum Gasteiger partial charge on any atom is -0.383 e. The summed E-state index contributed by atoms with van der Waals surface area (Å²) in [5.41, 5.74) is -0.736. The molecule has 0 spiro atoms. The molecule has 2 heterocycles. The van der Waals surface area contributed by atoms with Crippen molar-refractivity contribution < 1.29 is 9.84 Å². The Labute approximate surface area is 153 Å². The Morgan fingerprint density at radius 3 is 2.86 bits per heavy atom. The van der Waals surface area contributed by atoms with E-state index in [-0.39, 0.29) is 29.4 Å². The number of halogens is 1. The highest BCUT2D eigenvalue weighted by Gasteiger charge is 2.30. The summed E-state index contributed by atoms with van der Waals surface area (Å²) in [6.45, 7) is 6.86. The molecule has 3 N–H and O–H groups in total. The van der Waals surface area contributed by atoms with E-state index in [0.717, 1.165) is 31.1 Å². The number of aliphatic imine (C=N–C) groups is 1. The second-order valence-corrected chi connectivity index (χ2v) is 7.09. The fraction of sp³-hybridized carbons (Fsp3) is 0.667. The van der Waals surface area contributed by atoms with Gasteiger partial charge < -0.3 is 20.5 Å². The Balaban J connectivity index is 0.00000242. The Bertz CT molecular complexity index is 471. The van der Waals surface area contributed by atoms with Crippen molar-refractivity contribution in [2.45, 2.75) is 25.9 Å². The molecule has 0 radical (unpaired) electrons. The van der Waals surface area contributed by atoms with Gasteiger partial charge in [0, 0.05) is 30.5 Å². The first kappa shape index (κ1) is 19.7. The number of ether oxygens (including phenoxy) is 1. The van der Waals surface area contributed by atoms with Crippen LogP contribution in [0.5, 0.6) is 0 Å². The number of hydrogen-bond donors (Lipinski definition) is 3. The molecule has 0 amide bonds. The molecule has 1 aromatic rings. The van der Waals surface area contributed by atoms with Crippen LogP contribution in [0.2, 0.25) is 0 Å². The highest BCUT2D eigenvalue weighted by molar-refractivity contribution is 14.0. The first-order valence-corrected chi connectivity index (χ1v) is 8.12. The van der Waals surface area contributed by atoms with Crippen molar-refractivity contribution in [3.8, 4) is 0 Å². The number of hydrogen-bond acceptors (Lipinski definition) is 4. The van der Waals surface area contributed by atoms with Gasteiger partial charge in [0.05, 0.1) is 13.2 Å². The van der Waals surface area contributed by atoms with Crippen molar-refractivity contribution in [1.82, 2.24) is 10.6 Å². The number of aliphatic hydroxyl groups is 1. The van der Waals surface area contributed by atoms with Gasteiger partial charge in [-0.25, -0.2) is 0 Å². The van der Waals surface area contributed by atoms with E-state index in [1.807, 2.05) is 24.4 Å². The van der Waals surface area contributed by atoms with Crippen molar-refractivity contribution in [3.05, 3.63) is 22.4 Å². The lowest BCUT2D eigenvalue weighted by molar-refractivity contribution is 0.0655. The van der Waals surface area contributed by atoms with Crippen LogP contribution in [0.1, 0.15) is 25.1 Å². The molecule has 1 aromatic heterocycles. The summed E-state index contributed by atoms with van der Waals surface area (Å²) in [4.78, 5) is 5.16. The molecule has 2 atom stereocenters. The average Bonchev–Trinajstić information content (AvgIpc) is 3.11. The van der Waals surface area contributed by atoms with Crippen LogP contribution in [0.4, 0.5) is 0 Å². The second kappa shape index (κ2) is 8.47. The summed E-state index contributed by atoms with van der Waals surface area (Å²) in [5.74, 6) is 0.708. The van der Waals surface area contributed by atoms with E-state index in [1.54, 1.807) is 18.4 Å². The minimum atomic E-state index is -0.897. The monoisotopic (exact) mass is 439 g/mol. The lowest BCUT2D eigenvalue weighted by atomic mass is 9.90. The maximum atomic E-state index is 10.5. The van der Waals surface area contributed by atoms with Crippen molar-refractivity contribution in [3.63, 3.8) is 0 Å². The number of guanidine groups is 1. The van der Waals surface area contributed by atoms with Gasteiger partial charge in [-0.05, 0) is 24.8 Å². The van der Waals surface area contributed by atoms with Gasteiger partial charge in [0.15, 0.2) is 5.96 Å². The zero-order valence-electron chi connectivity index (χ0n) is 13.4. The summed E-state index contributed by atoms with van der Waals surface area (Å²) in [7, 11) is 1.74. The maximum absolute atomic E-state index is 10.5. The first-order valence-electron chi connectivity index (χ1n) is 7.24. The van der Waals surface area contributed by atoms with Crippen LogP contribution in [0.15, 0.2) is 22.5 Å². The van der Waals surface area contributed by atoms with Gasteiger partial charge in [0.25, 0.3) is 0 Å². The van der Waals surface area contributed by atoms with Gasteiger partial charge >= 0.3 is 0 Å². The van der Waals surface area contributed by atoms with Gasteiger partial charge in [-0.2, -0.15) is 0 Å². The Hall–Kier alpha value is -0.380. The molecule has 22 heavy (non-hydrogen) atoms. The second-order valence-electron chi connectivity index (χ2n) is 6.14. The predicted octanol–water partition coefficient (Wildman–Crippen LogP) is 2.17. The molecule has 1 fully saturated rings. The van der Waals surface area contributed by atoms with Crippen LogP contribution >= 0.6 is 35.3 Å². The number of nitrogens with one attached hydrogen (secondary N) is 2. The van der Waals surface area contributed by atoms with Crippen molar-refractivity contribution >= 4 is 41.3 Å². The minimum absolute atomic E-state index is 0. The summed E-state index contributed by atoms with van der Waals surface area (Å²) in [5, 5.41) is 19.0. The molecule has 0 bridgehead atoms. The molecule has 2 unspecified atom stereocenters. The fourth-order valence-electron chi connectivity index (χ4n) is 2.29. The Morgan fingerprint density at radius 2 is 2.32 bits per heavy atom. The van der Waals surface area contributed by atoms with E-state index >= 15 is 0 Å². The molecule has 1 saturated heterocycles. The molecular formula is C15H26IN3O2S. The van der Waals surface area contributed by atoms with E-state index in [4.69, 9.17) is 4.74 Å². The fourth-order valence-corrected chi connectivity index (χ4v) is 3.08. The molecule has 0 aliphatic carbocycles. The third kappa shape index (κ3) is 5.36. The quantitative estimate of drug-likeness (QED) is 0.374. The largest absolute Gasteiger partial charge is 0.383 e. The molecule has 0 saturated carbocycles. The third-order valence-corrected chi connectivity index (χ3v) is 4.98. The predicted molar refractivity (Wildman–Crippen MR) is 102 cm³/mol. The molecule has 0 aromatic carbocycles. The van der Waals surface area contributed by atoms with Crippen LogP contribution in [0, 0.1) is 5.41 Å². The highest BCUT2D eigenvalue weighted by Crippen LogP contribution is 2.26. The van der Waals surface area contributed by atoms with Crippen molar-refractivity contribution in [2.24, 2.45) is 10.4 Å². The molecule has 1 aliphatic rings. The van der Waals surface area contributed by atoms with E-state index in [2.05, 4.69) is 22.5 Å². The number of nitrogens with zero attached hydrogens (tertiary/aromatic N) is 1. The summed E-state index contributed by atoms with van der Waals surface area (Å²) in [6.07, 6.45) is 1.06. The van der Waals surface area contributed by atoms with Crippen LogP contribution in [-0.4, -0.2) is 44.4 Å². The summed E-state index contributed by atoms with van der Waals surface area (Å²) < 4.78 is 5.45. The van der Waals surface area contributed by atoms with E-state index in [1.165, 1.54) is 0 Å². The first-order chi connectivity index (χ1) is 9.95. The van der Waals surface area contributed by atoms with E-state index < -0.39 is 5.60 Å². The van der Waals surface area contributed by atoms with E-state index in [9.17, 15) is 5.11 Å². The van der Waals surface area contributed by atoms with E-state index in [0.29, 0.717) is 12.5 Å². The van der Waals surface area contributed by atoms with Gasteiger partial charge in [-0.1, -0.05) is 13.0 Å². The van der Waals surface area contributed by atoms with Crippen molar-refractivity contribution in [2.75, 3.05) is 33.4 Å². The third-order valence-electron chi connectivity index (χ3n) is 3.86. The van der Waals surface area contributed by atoms with Gasteiger partial charge in [0.1, 0.15) is 5.60 Å². The van der Waals surface area contributed by atoms with Gasteiger partial charge in [-0.3, -0.25) is 4.99 Å². The number of rotatable bonds is 5. The lowest BCUT2D eigenvalue weighted by Crippen LogP contribution is -2.47. The van der Waals surface area contributed by atoms with Crippen LogP contribution in [0.3, 0.4) is 0 Å². The molecular weight excluding hydrogens is 413 g/mol. The van der Waals surface area contributed by atoms with Crippen LogP contribution < -0.4 is 10.6 Å². The zero-order valence-corrected chi connectivity index (χ0v) is 16.5. The number of thiophene rings is 1. The lowest BCUT2D eigenvalue weighted by Gasteiger charge is -2.26. The van der Waals surface area contributed by atoms with Crippen molar-refractivity contribution in [1.29, 1.82) is 0 Å². The highest BCUT2D eigenvalue weighted by atomic mass is 127. The molecule has 5 nitrogen and oxygen atoms in total. The zero-order chi connectivity index (χ0) is 15.3. The van der Waals surface area contributed by atoms with Crippen LogP contribution in [-0.2, 0) is 10.3 Å². The van der Waals surface area contributed by atoms with Crippen LogP contribution in [0.25, 0.3) is 0 Å². The summed E-state index contributed by atoms with van der Waals surface area (Å²) in [6, 6.07) is 3.89. The van der Waals surface area contributed by atoms with Gasteiger partial charge in [0.2, 0.25) is 0 Å². The average molecular weight is 439 g/mol. The molecule has 126 valence electrons. The smallest absolute Gasteiger partial charge is 0.191 e. The van der Waals surface area contributed by atoms with Gasteiger partial charge in [-0.15, -0.1) is 35.3 Å². The molecule has 1 aliphatic heterocycles. The molecule has 2 rings (SSSR count).